The zero-order valence-corrected chi connectivity index (χ0v) is 10.9. The summed E-state index contributed by atoms with van der Waals surface area (Å²) in [6.07, 6.45) is 3.47. The lowest BCUT2D eigenvalue weighted by Crippen LogP contribution is -2.36. The highest BCUT2D eigenvalue weighted by atomic mass is 16.5. The van der Waals surface area contributed by atoms with Crippen LogP contribution in [0.2, 0.25) is 0 Å². The first-order chi connectivity index (χ1) is 9.78. The lowest BCUT2D eigenvalue weighted by atomic mass is 9.96. The van der Waals surface area contributed by atoms with Gasteiger partial charge >= 0.3 is 0 Å². The molecule has 0 radical (unpaired) electrons. The quantitative estimate of drug-likeness (QED) is 0.887. The van der Waals surface area contributed by atoms with E-state index in [9.17, 15) is 4.79 Å². The standard InChI is InChI=1S/C13H14N4O3/c1-19-11-4-2-3-9-5-10(6-20-12(9)11)13(18)16-17-7-14-15-8-17/h2-4,7-8,10H,5-6H2,1H3,(H,16,18). The molecule has 0 aliphatic carbocycles. The maximum absolute atomic E-state index is 12.1. The lowest BCUT2D eigenvalue weighted by molar-refractivity contribution is -0.122. The minimum absolute atomic E-state index is 0.127. The fraction of sp³-hybridized carbons (Fsp3) is 0.308. The summed E-state index contributed by atoms with van der Waals surface area (Å²) in [4.78, 5) is 12.1. The van der Waals surface area contributed by atoms with Crippen LogP contribution in [-0.4, -0.2) is 34.5 Å². The number of ether oxygens (including phenoxy) is 2. The largest absolute Gasteiger partial charge is 0.493 e. The van der Waals surface area contributed by atoms with Gasteiger partial charge < -0.3 is 9.47 Å². The summed E-state index contributed by atoms with van der Waals surface area (Å²) in [6, 6.07) is 5.67. The predicted octanol–water partition coefficient (Wildman–Crippen LogP) is 0.608. The first kappa shape index (κ1) is 12.5. The van der Waals surface area contributed by atoms with E-state index in [-0.39, 0.29) is 11.8 Å². The van der Waals surface area contributed by atoms with Gasteiger partial charge in [0.25, 0.3) is 0 Å². The number of benzene rings is 1. The molecule has 1 amide bonds. The topological polar surface area (TPSA) is 78.3 Å². The van der Waals surface area contributed by atoms with Crippen LogP contribution in [0.4, 0.5) is 0 Å². The number of methoxy groups -OCH3 is 1. The number of rotatable bonds is 3. The zero-order valence-electron chi connectivity index (χ0n) is 10.9. The average molecular weight is 274 g/mol. The monoisotopic (exact) mass is 274 g/mol. The highest BCUT2D eigenvalue weighted by Gasteiger charge is 2.28. The van der Waals surface area contributed by atoms with Gasteiger partial charge in [-0.1, -0.05) is 12.1 Å². The van der Waals surface area contributed by atoms with Gasteiger partial charge in [-0.3, -0.25) is 10.2 Å². The molecule has 7 nitrogen and oxygen atoms in total. The van der Waals surface area contributed by atoms with Crippen molar-refractivity contribution >= 4 is 5.91 Å². The van der Waals surface area contributed by atoms with Crippen molar-refractivity contribution in [2.45, 2.75) is 6.42 Å². The Labute approximate surface area is 115 Å². The number of carbonyl (C=O) groups excluding carboxylic acids is 1. The average Bonchev–Trinajstić information content (AvgIpc) is 2.98. The van der Waals surface area contributed by atoms with Gasteiger partial charge in [0.15, 0.2) is 11.5 Å². The van der Waals surface area contributed by atoms with Gasteiger partial charge in [0, 0.05) is 0 Å². The molecule has 1 unspecified atom stereocenters. The number of nitrogens with zero attached hydrogens (tertiary/aromatic N) is 3. The number of para-hydroxylation sites is 1. The van der Waals surface area contributed by atoms with Crippen molar-refractivity contribution in [3.8, 4) is 11.5 Å². The summed E-state index contributed by atoms with van der Waals surface area (Å²) in [7, 11) is 1.60. The second kappa shape index (κ2) is 5.20. The smallest absolute Gasteiger partial charge is 0.245 e. The van der Waals surface area contributed by atoms with Crippen molar-refractivity contribution in [1.29, 1.82) is 0 Å². The number of carbonyl (C=O) groups is 1. The van der Waals surface area contributed by atoms with Crippen LogP contribution in [0.25, 0.3) is 0 Å². The molecule has 0 saturated carbocycles. The van der Waals surface area contributed by atoms with Gasteiger partial charge in [-0.25, -0.2) is 4.68 Å². The molecule has 1 atom stereocenters. The highest BCUT2D eigenvalue weighted by Crippen LogP contribution is 2.36. The van der Waals surface area contributed by atoms with Crippen molar-refractivity contribution in [1.82, 2.24) is 14.9 Å². The van der Waals surface area contributed by atoms with E-state index in [0.29, 0.717) is 18.8 Å². The van der Waals surface area contributed by atoms with Crippen LogP contribution < -0.4 is 14.9 Å². The Bertz CT molecular complexity index is 612. The Hall–Kier alpha value is -2.57. The number of fused-ring (bicyclic) bond motifs is 1. The third-order valence-corrected chi connectivity index (χ3v) is 3.20. The van der Waals surface area contributed by atoms with E-state index < -0.39 is 0 Å². The summed E-state index contributed by atoms with van der Waals surface area (Å²) < 4.78 is 12.3. The first-order valence-electron chi connectivity index (χ1n) is 6.22. The molecule has 0 fully saturated rings. The van der Waals surface area contributed by atoms with Crippen LogP contribution in [0.3, 0.4) is 0 Å². The van der Waals surface area contributed by atoms with Gasteiger partial charge in [0.2, 0.25) is 5.91 Å². The maximum atomic E-state index is 12.1. The van der Waals surface area contributed by atoms with E-state index in [1.54, 1.807) is 7.11 Å². The Kier molecular flexibility index (Phi) is 3.24. The minimum Gasteiger partial charge on any atom is -0.493 e. The number of nitrogens with one attached hydrogen (secondary N) is 1. The molecule has 1 aliphatic rings. The molecular formula is C13H14N4O3. The first-order valence-corrected chi connectivity index (χ1v) is 6.22. The SMILES string of the molecule is COc1cccc2c1OCC(C(=O)Nn1cnnc1)C2. The maximum Gasteiger partial charge on any atom is 0.245 e. The summed E-state index contributed by atoms with van der Waals surface area (Å²) in [5, 5.41) is 7.26. The molecule has 1 aromatic carbocycles. The molecular weight excluding hydrogens is 260 g/mol. The number of hydrogen-bond acceptors (Lipinski definition) is 5. The Morgan fingerprint density at radius 2 is 2.25 bits per heavy atom. The second-order valence-corrected chi connectivity index (χ2v) is 4.51. The Morgan fingerprint density at radius 3 is 3.00 bits per heavy atom. The van der Waals surface area contributed by atoms with Crippen LogP contribution in [-0.2, 0) is 11.2 Å². The normalized spacial score (nSPS) is 16.9. The van der Waals surface area contributed by atoms with Gasteiger partial charge in [-0.2, -0.15) is 0 Å². The lowest BCUT2D eigenvalue weighted by Gasteiger charge is -2.25. The summed E-state index contributed by atoms with van der Waals surface area (Å²) in [5.74, 6) is 1.04. The Morgan fingerprint density at radius 1 is 1.45 bits per heavy atom. The van der Waals surface area contributed by atoms with Crippen LogP contribution in [0.1, 0.15) is 5.56 Å². The predicted molar refractivity (Wildman–Crippen MR) is 70.1 cm³/mol. The van der Waals surface area contributed by atoms with Gasteiger partial charge in [-0.05, 0) is 18.1 Å². The third-order valence-electron chi connectivity index (χ3n) is 3.20. The molecule has 1 N–H and O–H groups in total. The van der Waals surface area contributed by atoms with Gasteiger partial charge in [0.1, 0.15) is 19.3 Å². The molecule has 3 rings (SSSR count). The van der Waals surface area contributed by atoms with E-state index in [4.69, 9.17) is 9.47 Å². The van der Waals surface area contributed by atoms with E-state index >= 15 is 0 Å². The van der Waals surface area contributed by atoms with Crippen LogP contribution in [0.15, 0.2) is 30.9 Å². The van der Waals surface area contributed by atoms with Crippen molar-refractivity contribution in [2.24, 2.45) is 5.92 Å². The molecule has 20 heavy (non-hydrogen) atoms. The third kappa shape index (κ3) is 2.29. The van der Waals surface area contributed by atoms with E-state index in [2.05, 4.69) is 15.6 Å². The minimum atomic E-state index is -0.253. The van der Waals surface area contributed by atoms with E-state index in [1.165, 1.54) is 17.3 Å². The summed E-state index contributed by atoms with van der Waals surface area (Å²) in [6.45, 7) is 0.321. The molecule has 2 heterocycles. The fourth-order valence-electron chi connectivity index (χ4n) is 2.20. The zero-order chi connectivity index (χ0) is 13.9. The van der Waals surface area contributed by atoms with Crippen LogP contribution >= 0.6 is 0 Å². The summed E-state index contributed by atoms with van der Waals surface area (Å²) >= 11 is 0. The second-order valence-electron chi connectivity index (χ2n) is 4.51. The number of amides is 1. The number of aromatic nitrogens is 3. The summed E-state index contributed by atoms with van der Waals surface area (Å²) in [5.41, 5.74) is 3.66. The fourth-order valence-corrected chi connectivity index (χ4v) is 2.20. The number of hydrogen-bond donors (Lipinski definition) is 1. The van der Waals surface area contributed by atoms with Crippen molar-refractivity contribution in [3.05, 3.63) is 36.4 Å². The van der Waals surface area contributed by atoms with Crippen molar-refractivity contribution < 1.29 is 14.3 Å². The molecule has 1 aromatic heterocycles. The molecule has 0 saturated heterocycles. The molecule has 0 spiro atoms. The molecule has 104 valence electrons. The molecule has 1 aliphatic heterocycles. The molecule has 7 heteroatoms. The molecule has 2 aromatic rings. The molecule has 0 bridgehead atoms. The van der Waals surface area contributed by atoms with Crippen molar-refractivity contribution in [2.75, 3.05) is 19.1 Å². The highest BCUT2D eigenvalue weighted by molar-refractivity contribution is 5.86. The van der Waals surface area contributed by atoms with E-state index in [0.717, 1.165) is 11.3 Å². The van der Waals surface area contributed by atoms with Crippen LogP contribution in [0, 0.1) is 5.92 Å². The van der Waals surface area contributed by atoms with Crippen LogP contribution in [0.5, 0.6) is 11.5 Å². The Balaban J connectivity index is 1.74. The van der Waals surface area contributed by atoms with Crippen molar-refractivity contribution in [3.63, 3.8) is 0 Å². The van der Waals surface area contributed by atoms with E-state index in [1.807, 2.05) is 18.2 Å². The van der Waals surface area contributed by atoms with Gasteiger partial charge in [0.05, 0.1) is 13.0 Å². The van der Waals surface area contributed by atoms with Gasteiger partial charge in [-0.15, -0.1) is 10.2 Å².